The van der Waals surface area contributed by atoms with Crippen LogP contribution in [0.25, 0.3) is 0 Å². The van der Waals surface area contributed by atoms with Gasteiger partial charge in [-0.3, -0.25) is 10.1 Å². The molecule has 2 N–H and O–H groups in total. The Balaban J connectivity index is 2.60. The molecule has 0 bridgehead atoms. The Morgan fingerprint density at radius 3 is 2.32 bits per heavy atom. The van der Waals surface area contributed by atoms with E-state index in [1.165, 1.54) is 12.1 Å². The summed E-state index contributed by atoms with van der Waals surface area (Å²) in [5.41, 5.74) is -0.00876. The molecule has 0 aliphatic rings. The second-order valence-electron chi connectivity index (χ2n) is 4.35. The number of aromatic hydroxyl groups is 2. The van der Waals surface area contributed by atoms with Crippen molar-refractivity contribution in [1.29, 1.82) is 0 Å². The standard InChI is InChI=1S/C13H7Cl3INO4/c14-8-4-9(15)13(20)7(11(8)16)2-5-1-6(17)3-10(12(5)19)18(21)22/h1,3-4,19-20H,2H2. The van der Waals surface area contributed by atoms with Gasteiger partial charge in [0.05, 0.1) is 20.0 Å². The summed E-state index contributed by atoms with van der Waals surface area (Å²) in [6.45, 7) is 0. The maximum absolute atomic E-state index is 10.9. The van der Waals surface area contributed by atoms with Crippen molar-refractivity contribution in [3.8, 4) is 11.5 Å². The first-order chi connectivity index (χ1) is 10.2. The number of rotatable bonds is 3. The predicted molar refractivity (Wildman–Crippen MR) is 93.4 cm³/mol. The van der Waals surface area contributed by atoms with Gasteiger partial charge < -0.3 is 10.2 Å². The number of phenols is 2. The maximum atomic E-state index is 10.9. The molecule has 116 valence electrons. The molecule has 0 amide bonds. The van der Waals surface area contributed by atoms with Crippen LogP contribution >= 0.6 is 57.4 Å². The SMILES string of the molecule is O=[N+]([O-])c1cc(I)cc(Cc2c(O)c(Cl)cc(Cl)c2Cl)c1O. The van der Waals surface area contributed by atoms with Crippen molar-refractivity contribution in [2.75, 3.05) is 0 Å². The number of benzene rings is 2. The van der Waals surface area contributed by atoms with Gasteiger partial charge in [-0.15, -0.1) is 0 Å². The highest BCUT2D eigenvalue weighted by Gasteiger charge is 2.22. The molecule has 0 saturated carbocycles. The van der Waals surface area contributed by atoms with Crippen LogP contribution in [-0.2, 0) is 6.42 Å². The van der Waals surface area contributed by atoms with Gasteiger partial charge in [-0.05, 0) is 34.7 Å². The van der Waals surface area contributed by atoms with E-state index in [0.717, 1.165) is 0 Å². The normalized spacial score (nSPS) is 10.7. The van der Waals surface area contributed by atoms with Crippen molar-refractivity contribution in [3.05, 3.63) is 58.1 Å². The quantitative estimate of drug-likeness (QED) is 0.279. The molecule has 0 fully saturated rings. The lowest BCUT2D eigenvalue weighted by molar-refractivity contribution is -0.386. The van der Waals surface area contributed by atoms with Crippen molar-refractivity contribution in [2.45, 2.75) is 6.42 Å². The van der Waals surface area contributed by atoms with E-state index in [0.29, 0.717) is 3.57 Å². The molecule has 0 radical (unpaired) electrons. The van der Waals surface area contributed by atoms with E-state index in [-0.39, 0.29) is 38.4 Å². The summed E-state index contributed by atoms with van der Waals surface area (Å²) >= 11 is 19.7. The molecule has 0 spiro atoms. The van der Waals surface area contributed by atoms with Gasteiger partial charge in [0.15, 0.2) is 5.75 Å². The number of hydrogen-bond acceptors (Lipinski definition) is 4. The van der Waals surface area contributed by atoms with E-state index >= 15 is 0 Å². The average molecular weight is 474 g/mol. The van der Waals surface area contributed by atoms with E-state index < -0.39 is 16.4 Å². The maximum Gasteiger partial charge on any atom is 0.312 e. The van der Waals surface area contributed by atoms with Gasteiger partial charge in [0.2, 0.25) is 0 Å². The highest BCUT2D eigenvalue weighted by Crippen LogP contribution is 2.41. The minimum absolute atomic E-state index is 0.00372. The highest BCUT2D eigenvalue weighted by atomic mass is 127. The number of halogens is 4. The molecular weight excluding hydrogens is 467 g/mol. The number of nitrogens with zero attached hydrogens (tertiary/aromatic N) is 1. The summed E-state index contributed by atoms with van der Waals surface area (Å²) in [6.07, 6.45) is -0.0611. The van der Waals surface area contributed by atoms with Gasteiger partial charge in [-0.25, -0.2) is 0 Å². The molecule has 0 saturated heterocycles. The van der Waals surface area contributed by atoms with Crippen molar-refractivity contribution < 1.29 is 15.1 Å². The first-order valence-corrected chi connectivity index (χ1v) is 7.94. The smallest absolute Gasteiger partial charge is 0.312 e. The Morgan fingerprint density at radius 2 is 1.73 bits per heavy atom. The lowest BCUT2D eigenvalue weighted by Gasteiger charge is -2.12. The molecule has 2 aromatic carbocycles. The van der Waals surface area contributed by atoms with E-state index in [9.17, 15) is 20.3 Å². The van der Waals surface area contributed by atoms with Gasteiger partial charge >= 0.3 is 5.69 Å². The van der Waals surface area contributed by atoms with Crippen molar-refractivity contribution >= 4 is 63.1 Å². The Bertz CT molecular complexity index is 756. The Kier molecular flexibility index (Phi) is 5.26. The van der Waals surface area contributed by atoms with Gasteiger partial charge in [-0.2, -0.15) is 0 Å². The predicted octanol–water partition coefficient (Wildman–Crippen LogP) is 5.16. The average Bonchev–Trinajstić information content (AvgIpc) is 2.44. The topological polar surface area (TPSA) is 83.6 Å². The molecule has 5 nitrogen and oxygen atoms in total. The summed E-state index contributed by atoms with van der Waals surface area (Å²) in [5, 5.41) is 31.2. The lowest BCUT2D eigenvalue weighted by Crippen LogP contribution is -1.97. The molecule has 2 aromatic rings. The van der Waals surface area contributed by atoms with Crippen molar-refractivity contribution in [1.82, 2.24) is 0 Å². The Hall–Kier alpha value is -0.960. The van der Waals surface area contributed by atoms with Crippen LogP contribution in [0.3, 0.4) is 0 Å². The first kappa shape index (κ1) is 17.4. The molecule has 0 aliphatic heterocycles. The highest BCUT2D eigenvalue weighted by molar-refractivity contribution is 14.1. The fourth-order valence-corrected chi connectivity index (χ4v) is 3.28. The molecule has 0 aliphatic carbocycles. The monoisotopic (exact) mass is 473 g/mol. The van der Waals surface area contributed by atoms with Gasteiger partial charge in [0, 0.05) is 27.2 Å². The van der Waals surface area contributed by atoms with E-state index in [1.54, 1.807) is 6.07 Å². The summed E-state index contributed by atoms with van der Waals surface area (Å²) in [7, 11) is 0. The zero-order valence-electron chi connectivity index (χ0n) is 10.6. The molecule has 22 heavy (non-hydrogen) atoms. The number of hydrogen-bond donors (Lipinski definition) is 2. The Labute approximate surface area is 153 Å². The number of nitro groups is 1. The first-order valence-electron chi connectivity index (χ1n) is 5.73. The largest absolute Gasteiger partial charge is 0.506 e. The van der Waals surface area contributed by atoms with E-state index in [2.05, 4.69) is 0 Å². The van der Waals surface area contributed by atoms with E-state index in [1.807, 2.05) is 22.6 Å². The zero-order valence-corrected chi connectivity index (χ0v) is 15.0. The fourth-order valence-electron chi connectivity index (χ4n) is 1.90. The lowest BCUT2D eigenvalue weighted by atomic mass is 10.0. The number of phenolic OH excluding ortho intramolecular Hbond substituents is 2. The number of nitro benzene ring substituents is 1. The van der Waals surface area contributed by atoms with Crippen LogP contribution in [0, 0.1) is 13.7 Å². The summed E-state index contributed by atoms with van der Waals surface area (Å²) < 4.78 is 0.556. The van der Waals surface area contributed by atoms with Crippen molar-refractivity contribution in [3.63, 3.8) is 0 Å². The molecule has 0 atom stereocenters. The summed E-state index contributed by atoms with van der Waals surface area (Å²) in [6, 6.07) is 4.08. The third-order valence-corrected chi connectivity index (χ3v) is 4.68. The van der Waals surface area contributed by atoms with Crippen LogP contribution in [-0.4, -0.2) is 15.1 Å². The molecule has 0 heterocycles. The van der Waals surface area contributed by atoms with Gasteiger partial charge in [-0.1, -0.05) is 34.8 Å². The minimum Gasteiger partial charge on any atom is -0.506 e. The molecular formula is C13H7Cl3INO4. The molecule has 9 heteroatoms. The second-order valence-corrected chi connectivity index (χ2v) is 6.79. The molecule has 0 aromatic heterocycles. The summed E-state index contributed by atoms with van der Waals surface area (Å²) in [4.78, 5) is 10.3. The third kappa shape index (κ3) is 3.34. The summed E-state index contributed by atoms with van der Waals surface area (Å²) in [5.74, 6) is -0.769. The third-order valence-electron chi connectivity index (χ3n) is 2.94. The second kappa shape index (κ2) is 6.66. The minimum atomic E-state index is -0.687. The molecule has 2 rings (SSSR count). The van der Waals surface area contributed by atoms with Crippen LogP contribution in [0.2, 0.25) is 15.1 Å². The van der Waals surface area contributed by atoms with Crippen LogP contribution in [0.4, 0.5) is 5.69 Å². The zero-order chi connectivity index (χ0) is 16.6. The molecule has 0 unspecified atom stereocenters. The fraction of sp³-hybridized carbons (Fsp3) is 0.0769. The van der Waals surface area contributed by atoms with Gasteiger partial charge in [0.1, 0.15) is 5.75 Å². The van der Waals surface area contributed by atoms with Crippen LogP contribution in [0.5, 0.6) is 11.5 Å². The van der Waals surface area contributed by atoms with Crippen LogP contribution in [0.1, 0.15) is 11.1 Å². The van der Waals surface area contributed by atoms with Crippen LogP contribution < -0.4 is 0 Å². The Morgan fingerprint density at radius 1 is 1.09 bits per heavy atom. The van der Waals surface area contributed by atoms with E-state index in [4.69, 9.17) is 34.8 Å². The van der Waals surface area contributed by atoms with Gasteiger partial charge in [0.25, 0.3) is 0 Å². The van der Waals surface area contributed by atoms with Crippen molar-refractivity contribution in [2.24, 2.45) is 0 Å². The van der Waals surface area contributed by atoms with Crippen LogP contribution in [0.15, 0.2) is 18.2 Å².